The fraction of sp³-hybridized carbons (Fsp3) is 0.312. The van der Waals surface area contributed by atoms with Gasteiger partial charge in [-0.05, 0) is 66.3 Å². The molecule has 1 saturated heterocycles. The number of benzene rings is 3. The summed E-state index contributed by atoms with van der Waals surface area (Å²) in [4.78, 5) is 28.8. The molecule has 1 fully saturated rings. The Kier molecular flexibility index (Phi) is 7.72. The van der Waals surface area contributed by atoms with Crippen molar-refractivity contribution < 1.29 is 28.9 Å². The summed E-state index contributed by atoms with van der Waals surface area (Å²) < 4.78 is 16.8. The summed E-state index contributed by atoms with van der Waals surface area (Å²) in [6.45, 7) is 10.4. The SMILES string of the molecule is CCOc1cc(C2/C(=C(\O)c3cc(C(C)(C)C)ccc3C)C(=O)C(=O)N2c2ccccc2OC)ccc1OC. The van der Waals surface area contributed by atoms with E-state index in [1.807, 2.05) is 32.0 Å². The van der Waals surface area contributed by atoms with Crippen LogP contribution in [0.4, 0.5) is 5.69 Å². The Morgan fingerprint density at radius 1 is 0.923 bits per heavy atom. The molecule has 1 N–H and O–H groups in total. The molecule has 1 amide bonds. The number of rotatable bonds is 7. The Balaban J connectivity index is 2.03. The summed E-state index contributed by atoms with van der Waals surface area (Å²) in [7, 11) is 3.05. The van der Waals surface area contributed by atoms with E-state index in [-0.39, 0.29) is 16.7 Å². The van der Waals surface area contributed by atoms with Gasteiger partial charge in [0.2, 0.25) is 0 Å². The lowest BCUT2D eigenvalue weighted by atomic mass is 9.84. The third kappa shape index (κ3) is 5.09. The van der Waals surface area contributed by atoms with Crippen molar-refractivity contribution >= 4 is 23.1 Å². The minimum Gasteiger partial charge on any atom is -0.507 e. The Morgan fingerprint density at radius 2 is 1.62 bits per heavy atom. The first-order valence-corrected chi connectivity index (χ1v) is 12.9. The maximum atomic E-state index is 13.7. The van der Waals surface area contributed by atoms with Gasteiger partial charge in [0, 0.05) is 5.56 Å². The molecule has 0 spiro atoms. The van der Waals surface area contributed by atoms with Crippen molar-refractivity contribution in [2.75, 3.05) is 25.7 Å². The van der Waals surface area contributed by atoms with Gasteiger partial charge in [-0.3, -0.25) is 14.5 Å². The van der Waals surface area contributed by atoms with Gasteiger partial charge in [-0.25, -0.2) is 0 Å². The number of ketones is 1. The number of carbonyl (C=O) groups is 2. The van der Waals surface area contributed by atoms with Gasteiger partial charge in [0.05, 0.1) is 38.1 Å². The molecule has 1 aliphatic rings. The molecule has 1 aliphatic heterocycles. The van der Waals surface area contributed by atoms with E-state index in [0.29, 0.717) is 40.7 Å². The highest BCUT2D eigenvalue weighted by molar-refractivity contribution is 6.52. The summed E-state index contributed by atoms with van der Waals surface area (Å²) in [5, 5.41) is 11.8. The fourth-order valence-corrected chi connectivity index (χ4v) is 4.85. The minimum absolute atomic E-state index is 0.00678. The molecule has 7 heteroatoms. The second-order valence-corrected chi connectivity index (χ2v) is 10.5. The summed E-state index contributed by atoms with van der Waals surface area (Å²) in [5.41, 5.74) is 3.08. The molecule has 4 rings (SSSR count). The number of aryl methyl sites for hydroxylation is 1. The molecule has 1 heterocycles. The number of nitrogens with zero attached hydrogens (tertiary/aromatic N) is 1. The molecule has 39 heavy (non-hydrogen) atoms. The first-order valence-electron chi connectivity index (χ1n) is 12.9. The maximum Gasteiger partial charge on any atom is 0.300 e. The van der Waals surface area contributed by atoms with Gasteiger partial charge in [0.1, 0.15) is 11.5 Å². The second-order valence-electron chi connectivity index (χ2n) is 10.5. The summed E-state index contributed by atoms with van der Waals surface area (Å²) in [6, 6.07) is 17.1. The molecule has 204 valence electrons. The van der Waals surface area contributed by atoms with E-state index in [4.69, 9.17) is 14.2 Å². The van der Waals surface area contributed by atoms with Crippen molar-refractivity contribution in [2.45, 2.75) is 46.1 Å². The van der Waals surface area contributed by atoms with Crippen LogP contribution in [0.25, 0.3) is 5.76 Å². The van der Waals surface area contributed by atoms with Crippen LogP contribution >= 0.6 is 0 Å². The third-order valence-corrected chi connectivity index (χ3v) is 6.95. The number of methoxy groups -OCH3 is 2. The van der Waals surface area contributed by atoms with Gasteiger partial charge in [-0.1, -0.05) is 51.1 Å². The average Bonchev–Trinajstić information content (AvgIpc) is 3.18. The standard InChI is InChI=1S/C32H35NO6/c1-8-39-26-17-20(14-16-25(26)38-7)28-27(29(34)22-18-21(32(3,4)5)15-13-19(22)2)30(35)31(36)33(28)23-11-9-10-12-24(23)37-6/h9-18,28,34H,8H2,1-7H3/b29-27+. The van der Waals surface area contributed by atoms with Crippen molar-refractivity contribution in [2.24, 2.45) is 0 Å². The van der Waals surface area contributed by atoms with Gasteiger partial charge in [-0.15, -0.1) is 0 Å². The zero-order valence-electron chi connectivity index (χ0n) is 23.5. The predicted molar refractivity (Wildman–Crippen MR) is 152 cm³/mol. The van der Waals surface area contributed by atoms with Gasteiger partial charge in [0.15, 0.2) is 11.5 Å². The van der Waals surface area contributed by atoms with Crippen LogP contribution in [0.15, 0.2) is 66.2 Å². The number of amides is 1. The molecular formula is C32H35NO6. The number of Topliss-reactive ketones (excluding diaryl/α,β-unsaturated/α-hetero) is 1. The highest BCUT2D eigenvalue weighted by Crippen LogP contribution is 2.46. The van der Waals surface area contributed by atoms with Crippen LogP contribution in [0.2, 0.25) is 0 Å². The number of aliphatic hydroxyl groups excluding tert-OH is 1. The Morgan fingerprint density at radius 3 is 2.26 bits per heavy atom. The zero-order valence-corrected chi connectivity index (χ0v) is 23.5. The molecule has 0 aliphatic carbocycles. The van der Waals surface area contributed by atoms with Crippen molar-refractivity contribution in [3.05, 3.63) is 88.5 Å². The first kappa shape index (κ1) is 27.8. The lowest BCUT2D eigenvalue weighted by Crippen LogP contribution is -2.29. The smallest absolute Gasteiger partial charge is 0.300 e. The third-order valence-electron chi connectivity index (χ3n) is 6.95. The molecule has 0 aromatic heterocycles. The van der Waals surface area contributed by atoms with E-state index in [0.717, 1.165) is 11.1 Å². The van der Waals surface area contributed by atoms with Crippen molar-refractivity contribution in [1.82, 2.24) is 0 Å². The molecule has 1 atom stereocenters. The van der Waals surface area contributed by atoms with Gasteiger partial charge < -0.3 is 19.3 Å². The number of anilines is 1. The topological polar surface area (TPSA) is 85.3 Å². The largest absolute Gasteiger partial charge is 0.507 e. The monoisotopic (exact) mass is 529 g/mol. The normalized spacial score (nSPS) is 16.9. The van der Waals surface area contributed by atoms with E-state index in [9.17, 15) is 14.7 Å². The van der Waals surface area contributed by atoms with Crippen LogP contribution in [0.3, 0.4) is 0 Å². The summed E-state index contributed by atoms with van der Waals surface area (Å²) >= 11 is 0. The highest BCUT2D eigenvalue weighted by Gasteiger charge is 2.48. The fourth-order valence-electron chi connectivity index (χ4n) is 4.85. The lowest BCUT2D eigenvalue weighted by Gasteiger charge is -2.27. The molecule has 3 aromatic rings. The predicted octanol–water partition coefficient (Wildman–Crippen LogP) is 6.33. The highest BCUT2D eigenvalue weighted by atomic mass is 16.5. The van der Waals surface area contributed by atoms with E-state index in [1.54, 1.807) is 49.6 Å². The molecular weight excluding hydrogens is 494 g/mol. The van der Waals surface area contributed by atoms with E-state index in [1.165, 1.54) is 12.0 Å². The van der Waals surface area contributed by atoms with Crippen LogP contribution < -0.4 is 19.1 Å². The zero-order chi connectivity index (χ0) is 28.5. The Labute approximate surface area is 229 Å². The van der Waals surface area contributed by atoms with Crippen LogP contribution in [-0.2, 0) is 15.0 Å². The van der Waals surface area contributed by atoms with E-state index >= 15 is 0 Å². The van der Waals surface area contributed by atoms with Gasteiger partial charge in [-0.2, -0.15) is 0 Å². The number of carbonyl (C=O) groups excluding carboxylic acids is 2. The molecule has 0 radical (unpaired) electrons. The number of para-hydroxylation sites is 2. The number of hydrogen-bond acceptors (Lipinski definition) is 6. The van der Waals surface area contributed by atoms with Crippen molar-refractivity contribution in [1.29, 1.82) is 0 Å². The lowest BCUT2D eigenvalue weighted by molar-refractivity contribution is -0.132. The summed E-state index contributed by atoms with van der Waals surface area (Å²) in [5.74, 6) is -0.359. The molecule has 7 nitrogen and oxygen atoms in total. The van der Waals surface area contributed by atoms with E-state index in [2.05, 4.69) is 20.8 Å². The van der Waals surface area contributed by atoms with Gasteiger partial charge in [0.25, 0.3) is 11.7 Å². The average molecular weight is 530 g/mol. The van der Waals surface area contributed by atoms with Crippen molar-refractivity contribution in [3.63, 3.8) is 0 Å². The van der Waals surface area contributed by atoms with Crippen LogP contribution in [0.5, 0.6) is 17.2 Å². The van der Waals surface area contributed by atoms with E-state index < -0.39 is 17.7 Å². The minimum atomic E-state index is -0.941. The number of ether oxygens (including phenoxy) is 3. The quantitative estimate of drug-likeness (QED) is 0.219. The Hall–Kier alpha value is -4.26. The number of aliphatic hydroxyl groups is 1. The Bertz CT molecular complexity index is 1450. The number of hydrogen-bond donors (Lipinski definition) is 1. The van der Waals surface area contributed by atoms with Gasteiger partial charge >= 0.3 is 0 Å². The van der Waals surface area contributed by atoms with Crippen LogP contribution in [0, 0.1) is 6.92 Å². The first-order chi connectivity index (χ1) is 18.5. The maximum absolute atomic E-state index is 13.7. The second kappa shape index (κ2) is 10.8. The van der Waals surface area contributed by atoms with Crippen molar-refractivity contribution in [3.8, 4) is 17.2 Å². The van der Waals surface area contributed by atoms with Crippen LogP contribution in [0.1, 0.15) is 56.0 Å². The molecule has 1 unspecified atom stereocenters. The summed E-state index contributed by atoms with van der Waals surface area (Å²) in [6.07, 6.45) is 0. The van der Waals surface area contributed by atoms with Crippen LogP contribution in [-0.4, -0.2) is 37.6 Å². The molecule has 0 bridgehead atoms. The molecule has 0 saturated carbocycles. The molecule has 3 aromatic carbocycles.